The van der Waals surface area contributed by atoms with Crippen molar-refractivity contribution in [3.8, 4) is 0 Å². The molecule has 0 radical (unpaired) electrons. The van der Waals surface area contributed by atoms with Gasteiger partial charge in [-0.25, -0.2) is 0 Å². The van der Waals surface area contributed by atoms with Crippen LogP contribution in [-0.2, 0) is 11.3 Å². The van der Waals surface area contributed by atoms with Crippen LogP contribution in [0.1, 0.15) is 28.6 Å². The first-order valence-electron chi connectivity index (χ1n) is 6.89. The van der Waals surface area contributed by atoms with Gasteiger partial charge in [0, 0.05) is 13.3 Å². The van der Waals surface area contributed by atoms with Crippen LogP contribution >= 0.6 is 11.6 Å². The molecule has 21 heavy (non-hydrogen) atoms. The van der Waals surface area contributed by atoms with Crippen LogP contribution in [-0.4, -0.2) is 35.5 Å². The summed E-state index contributed by atoms with van der Waals surface area (Å²) >= 11 is 6.34. The summed E-state index contributed by atoms with van der Waals surface area (Å²) in [5.74, 6) is 0. The lowest BCUT2D eigenvalue weighted by Crippen LogP contribution is -2.24. The minimum absolute atomic E-state index is 0.0996. The molecule has 0 spiro atoms. The molecule has 0 saturated heterocycles. The Morgan fingerprint density at radius 3 is 2.76 bits per heavy atom. The van der Waals surface area contributed by atoms with Crippen molar-refractivity contribution >= 4 is 11.6 Å². The van der Waals surface area contributed by atoms with Crippen molar-refractivity contribution in [1.82, 2.24) is 20.1 Å². The van der Waals surface area contributed by atoms with Crippen LogP contribution in [0.25, 0.3) is 0 Å². The highest BCUT2D eigenvalue weighted by Crippen LogP contribution is 2.28. The number of nitrogens with one attached hydrogen (secondary N) is 1. The van der Waals surface area contributed by atoms with E-state index in [2.05, 4.69) is 28.4 Å². The standard InChI is InChI=1S/C15H21ClN4O/c1-10-7-11(2)13(18-8-10)14(17-3)15-12(16)9-19-20(15)5-6-21-4/h7-9,14,17H,5-6H2,1-4H3. The first kappa shape index (κ1) is 15.9. The summed E-state index contributed by atoms with van der Waals surface area (Å²) in [5.41, 5.74) is 4.15. The molecule has 0 bridgehead atoms. The molecule has 0 fully saturated rings. The Labute approximate surface area is 130 Å². The molecule has 2 aromatic heterocycles. The third-order valence-corrected chi connectivity index (χ3v) is 3.72. The molecule has 2 aromatic rings. The second-order valence-electron chi connectivity index (χ2n) is 5.03. The summed E-state index contributed by atoms with van der Waals surface area (Å²) < 4.78 is 7.00. The lowest BCUT2D eigenvalue weighted by molar-refractivity contribution is 0.182. The van der Waals surface area contributed by atoms with Crippen LogP contribution in [0.2, 0.25) is 5.02 Å². The molecule has 1 unspecified atom stereocenters. The van der Waals surface area contributed by atoms with E-state index in [4.69, 9.17) is 16.3 Å². The van der Waals surface area contributed by atoms with E-state index in [1.54, 1.807) is 13.3 Å². The van der Waals surface area contributed by atoms with Gasteiger partial charge in [0.25, 0.3) is 0 Å². The highest BCUT2D eigenvalue weighted by molar-refractivity contribution is 6.31. The van der Waals surface area contributed by atoms with Gasteiger partial charge in [-0.3, -0.25) is 9.67 Å². The van der Waals surface area contributed by atoms with Gasteiger partial charge in [0.05, 0.1) is 41.8 Å². The van der Waals surface area contributed by atoms with E-state index in [-0.39, 0.29) is 6.04 Å². The highest BCUT2D eigenvalue weighted by atomic mass is 35.5. The van der Waals surface area contributed by atoms with E-state index in [9.17, 15) is 0 Å². The number of pyridine rings is 1. The van der Waals surface area contributed by atoms with Crippen molar-refractivity contribution < 1.29 is 4.74 Å². The van der Waals surface area contributed by atoms with Gasteiger partial charge >= 0.3 is 0 Å². The van der Waals surface area contributed by atoms with Crippen molar-refractivity contribution in [3.05, 3.63) is 46.0 Å². The largest absolute Gasteiger partial charge is 0.383 e. The smallest absolute Gasteiger partial charge is 0.0937 e. The first-order chi connectivity index (χ1) is 10.1. The fourth-order valence-corrected chi connectivity index (χ4v) is 2.70. The number of methoxy groups -OCH3 is 1. The van der Waals surface area contributed by atoms with E-state index >= 15 is 0 Å². The molecular weight excluding hydrogens is 288 g/mol. The Morgan fingerprint density at radius 2 is 2.14 bits per heavy atom. The molecule has 0 aliphatic rings. The number of halogens is 1. The molecule has 1 atom stereocenters. The SMILES string of the molecule is CNC(c1ncc(C)cc1C)c1c(Cl)cnn1CCOC. The minimum Gasteiger partial charge on any atom is -0.383 e. The Hall–Kier alpha value is -1.43. The maximum absolute atomic E-state index is 6.34. The second-order valence-corrected chi connectivity index (χ2v) is 5.44. The van der Waals surface area contributed by atoms with Crippen molar-refractivity contribution in [1.29, 1.82) is 0 Å². The van der Waals surface area contributed by atoms with Crippen LogP contribution in [0.3, 0.4) is 0 Å². The van der Waals surface area contributed by atoms with Crippen LogP contribution < -0.4 is 5.32 Å². The van der Waals surface area contributed by atoms with E-state index in [1.165, 1.54) is 0 Å². The average Bonchev–Trinajstić information content (AvgIpc) is 2.81. The van der Waals surface area contributed by atoms with Gasteiger partial charge < -0.3 is 10.1 Å². The Balaban J connectivity index is 2.43. The van der Waals surface area contributed by atoms with Crippen molar-refractivity contribution in [2.24, 2.45) is 0 Å². The predicted octanol–water partition coefficient (Wildman–Crippen LogP) is 2.50. The van der Waals surface area contributed by atoms with Gasteiger partial charge in [-0.2, -0.15) is 5.10 Å². The van der Waals surface area contributed by atoms with Crippen LogP contribution in [0.4, 0.5) is 0 Å². The third-order valence-electron chi connectivity index (χ3n) is 3.43. The molecule has 5 nitrogen and oxygen atoms in total. The van der Waals surface area contributed by atoms with Crippen molar-refractivity contribution in [3.63, 3.8) is 0 Å². The Bertz CT molecular complexity index is 612. The Morgan fingerprint density at radius 1 is 1.38 bits per heavy atom. The second kappa shape index (κ2) is 7.02. The van der Waals surface area contributed by atoms with Gasteiger partial charge in [-0.05, 0) is 32.0 Å². The van der Waals surface area contributed by atoms with Crippen LogP contribution in [0.5, 0.6) is 0 Å². The van der Waals surface area contributed by atoms with E-state index in [1.807, 2.05) is 24.9 Å². The maximum atomic E-state index is 6.34. The lowest BCUT2D eigenvalue weighted by atomic mass is 10.0. The molecule has 2 heterocycles. The summed E-state index contributed by atoms with van der Waals surface area (Å²) in [6, 6.07) is 2.02. The van der Waals surface area contributed by atoms with Gasteiger partial charge in [-0.15, -0.1) is 0 Å². The fourth-order valence-electron chi connectivity index (χ4n) is 2.45. The number of aromatic nitrogens is 3. The molecular formula is C15H21ClN4O. The topological polar surface area (TPSA) is 52.0 Å². The monoisotopic (exact) mass is 308 g/mol. The van der Waals surface area contributed by atoms with Crippen LogP contribution in [0, 0.1) is 13.8 Å². The van der Waals surface area contributed by atoms with Crippen LogP contribution in [0.15, 0.2) is 18.5 Å². The normalized spacial score (nSPS) is 12.6. The first-order valence-corrected chi connectivity index (χ1v) is 7.26. The number of aryl methyl sites for hydroxylation is 2. The number of hydrogen-bond acceptors (Lipinski definition) is 4. The molecule has 0 amide bonds. The molecule has 6 heteroatoms. The molecule has 0 aliphatic heterocycles. The summed E-state index contributed by atoms with van der Waals surface area (Å²) in [4.78, 5) is 4.57. The number of rotatable bonds is 6. The van der Waals surface area contributed by atoms with E-state index in [0.29, 0.717) is 18.2 Å². The van der Waals surface area contributed by atoms with Gasteiger partial charge in [0.1, 0.15) is 0 Å². The zero-order chi connectivity index (χ0) is 15.4. The van der Waals surface area contributed by atoms with Gasteiger partial charge in [0.15, 0.2) is 0 Å². The summed E-state index contributed by atoms with van der Waals surface area (Å²) in [5, 5.41) is 8.25. The molecule has 0 aromatic carbocycles. The predicted molar refractivity (Wildman–Crippen MR) is 83.7 cm³/mol. The molecule has 0 saturated carbocycles. The van der Waals surface area contributed by atoms with Crippen molar-refractivity contribution in [2.75, 3.05) is 20.8 Å². The molecule has 114 valence electrons. The Kier molecular flexibility index (Phi) is 5.33. The molecule has 0 aliphatic carbocycles. The van der Waals surface area contributed by atoms with E-state index < -0.39 is 0 Å². The number of hydrogen-bond donors (Lipinski definition) is 1. The van der Waals surface area contributed by atoms with Crippen molar-refractivity contribution in [2.45, 2.75) is 26.4 Å². The molecule has 2 rings (SSSR count). The zero-order valence-electron chi connectivity index (χ0n) is 12.9. The fraction of sp³-hybridized carbons (Fsp3) is 0.467. The highest BCUT2D eigenvalue weighted by Gasteiger charge is 2.23. The summed E-state index contributed by atoms with van der Waals surface area (Å²) in [7, 11) is 3.57. The zero-order valence-corrected chi connectivity index (χ0v) is 13.6. The van der Waals surface area contributed by atoms with Gasteiger partial charge in [-0.1, -0.05) is 17.7 Å². The van der Waals surface area contributed by atoms with E-state index in [0.717, 1.165) is 22.5 Å². The molecule has 1 N–H and O–H groups in total. The summed E-state index contributed by atoms with van der Waals surface area (Å²) in [6.45, 7) is 5.33. The average molecular weight is 309 g/mol. The number of nitrogens with zero attached hydrogens (tertiary/aromatic N) is 3. The number of ether oxygens (including phenoxy) is 1. The quantitative estimate of drug-likeness (QED) is 0.891. The maximum Gasteiger partial charge on any atom is 0.0937 e. The third kappa shape index (κ3) is 3.43. The lowest BCUT2D eigenvalue weighted by Gasteiger charge is -2.20. The minimum atomic E-state index is -0.0996. The van der Waals surface area contributed by atoms with Gasteiger partial charge in [0.2, 0.25) is 0 Å². The summed E-state index contributed by atoms with van der Waals surface area (Å²) in [6.07, 6.45) is 3.54.